The van der Waals surface area contributed by atoms with Crippen LogP contribution in [-0.2, 0) is 4.74 Å². The number of hydrogen-bond acceptors (Lipinski definition) is 3. The minimum atomic E-state index is -0.282. The third-order valence-corrected chi connectivity index (χ3v) is 4.01. The minimum absolute atomic E-state index is 0.282. The Hall–Kier alpha value is -1.51. The Kier molecular flexibility index (Phi) is 4.83. The minimum Gasteiger partial charge on any atom is -0.465 e. The molecule has 0 atom stereocenters. The topological polar surface area (TPSA) is 38.3 Å². The van der Waals surface area contributed by atoms with Gasteiger partial charge in [0.05, 0.1) is 12.7 Å². The van der Waals surface area contributed by atoms with Gasteiger partial charge in [0.15, 0.2) is 0 Å². The van der Waals surface area contributed by atoms with Crippen molar-refractivity contribution in [3.63, 3.8) is 0 Å². The molecule has 1 N–H and O–H groups in total. The van der Waals surface area contributed by atoms with Gasteiger partial charge in [0, 0.05) is 12.2 Å². The van der Waals surface area contributed by atoms with E-state index < -0.39 is 0 Å². The summed E-state index contributed by atoms with van der Waals surface area (Å²) >= 11 is 0. The first-order valence-electron chi connectivity index (χ1n) is 7.11. The molecule has 1 saturated carbocycles. The van der Waals surface area contributed by atoms with Crippen LogP contribution in [0.2, 0.25) is 0 Å². The summed E-state index contributed by atoms with van der Waals surface area (Å²) in [6.07, 6.45) is 5.30. The van der Waals surface area contributed by atoms with Gasteiger partial charge in [-0.15, -0.1) is 0 Å². The molecule has 0 spiro atoms. The number of carbonyl (C=O) groups excluding carboxylic acids is 1. The second kappa shape index (κ2) is 6.60. The van der Waals surface area contributed by atoms with Gasteiger partial charge in [-0.05, 0) is 42.9 Å². The highest BCUT2D eigenvalue weighted by Crippen LogP contribution is 2.28. The number of hydrogen-bond donors (Lipinski definition) is 1. The SMILES string of the molecule is COC(=O)c1cccc(NCC2CCC(C)CC2)c1. The predicted octanol–water partition coefficient (Wildman–Crippen LogP) is 3.71. The molecule has 2 rings (SSSR count). The number of benzene rings is 1. The van der Waals surface area contributed by atoms with Gasteiger partial charge in [0.25, 0.3) is 0 Å². The van der Waals surface area contributed by atoms with Gasteiger partial charge in [-0.3, -0.25) is 0 Å². The molecule has 1 aromatic rings. The molecule has 0 aromatic heterocycles. The summed E-state index contributed by atoms with van der Waals surface area (Å²) in [4.78, 5) is 11.5. The molecule has 0 bridgehead atoms. The van der Waals surface area contributed by atoms with Crippen molar-refractivity contribution in [2.45, 2.75) is 32.6 Å². The maximum atomic E-state index is 11.5. The normalized spacial score (nSPS) is 22.8. The van der Waals surface area contributed by atoms with E-state index in [1.165, 1.54) is 32.8 Å². The number of methoxy groups -OCH3 is 1. The van der Waals surface area contributed by atoms with Crippen LogP contribution in [0.3, 0.4) is 0 Å². The van der Waals surface area contributed by atoms with E-state index in [-0.39, 0.29) is 5.97 Å². The second-order valence-corrected chi connectivity index (χ2v) is 5.58. The molecule has 0 amide bonds. The third kappa shape index (κ3) is 3.98. The van der Waals surface area contributed by atoms with Crippen molar-refractivity contribution in [2.24, 2.45) is 11.8 Å². The van der Waals surface area contributed by atoms with E-state index in [1.54, 1.807) is 6.07 Å². The van der Waals surface area contributed by atoms with E-state index in [4.69, 9.17) is 4.74 Å². The molecule has 104 valence electrons. The number of anilines is 1. The Balaban J connectivity index is 1.87. The number of nitrogens with one attached hydrogen (secondary N) is 1. The number of esters is 1. The molecule has 0 heterocycles. The fourth-order valence-corrected chi connectivity index (χ4v) is 2.67. The Morgan fingerprint density at radius 1 is 1.32 bits per heavy atom. The number of ether oxygens (including phenoxy) is 1. The van der Waals surface area contributed by atoms with Crippen molar-refractivity contribution >= 4 is 11.7 Å². The van der Waals surface area contributed by atoms with Gasteiger partial charge in [-0.1, -0.05) is 25.8 Å². The summed E-state index contributed by atoms with van der Waals surface area (Å²) in [7, 11) is 1.41. The Bertz CT molecular complexity index is 423. The Labute approximate surface area is 115 Å². The lowest BCUT2D eigenvalue weighted by atomic mass is 9.83. The molecule has 3 nitrogen and oxygen atoms in total. The van der Waals surface area contributed by atoms with Gasteiger partial charge in [0.1, 0.15) is 0 Å². The van der Waals surface area contributed by atoms with Crippen LogP contribution < -0.4 is 5.32 Å². The van der Waals surface area contributed by atoms with Crippen molar-refractivity contribution in [3.05, 3.63) is 29.8 Å². The molecule has 0 saturated heterocycles. The molecular formula is C16H23NO2. The lowest BCUT2D eigenvalue weighted by molar-refractivity contribution is 0.0601. The molecule has 3 heteroatoms. The fraction of sp³-hybridized carbons (Fsp3) is 0.562. The van der Waals surface area contributed by atoms with E-state index >= 15 is 0 Å². The highest BCUT2D eigenvalue weighted by molar-refractivity contribution is 5.90. The highest BCUT2D eigenvalue weighted by atomic mass is 16.5. The fourth-order valence-electron chi connectivity index (χ4n) is 2.67. The van der Waals surface area contributed by atoms with E-state index in [1.807, 2.05) is 18.2 Å². The predicted molar refractivity (Wildman–Crippen MR) is 77.4 cm³/mol. The lowest BCUT2D eigenvalue weighted by Gasteiger charge is -2.26. The maximum Gasteiger partial charge on any atom is 0.337 e. The molecule has 0 aliphatic heterocycles. The van der Waals surface area contributed by atoms with Crippen LogP contribution in [0.4, 0.5) is 5.69 Å². The zero-order valence-corrected chi connectivity index (χ0v) is 11.8. The van der Waals surface area contributed by atoms with E-state index in [2.05, 4.69) is 12.2 Å². The lowest BCUT2D eigenvalue weighted by Crippen LogP contribution is -2.20. The van der Waals surface area contributed by atoms with Crippen LogP contribution in [0.25, 0.3) is 0 Å². The van der Waals surface area contributed by atoms with Gasteiger partial charge < -0.3 is 10.1 Å². The maximum absolute atomic E-state index is 11.5. The summed E-state index contributed by atoms with van der Waals surface area (Å²) in [5, 5.41) is 3.44. The van der Waals surface area contributed by atoms with Crippen LogP contribution in [0.1, 0.15) is 43.0 Å². The first-order valence-corrected chi connectivity index (χ1v) is 7.11. The van der Waals surface area contributed by atoms with E-state index in [0.717, 1.165) is 24.1 Å². The monoisotopic (exact) mass is 261 g/mol. The Morgan fingerprint density at radius 2 is 2.05 bits per heavy atom. The molecule has 0 unspecified atom stereocenters. The second-order valence-electron chi connectivity index (χ2n) is 5.58. The average molecular weight is 261 g/mol. The van der Waals surface area contributed by atoms with Crippen LogP contribution in [0.15, 0.2) is 24.3 Å². The van der Waals surface area contributed by atoms with Gasteiger partial charge in [-0.25, -0.2) is 4.79 Å². The summed E-state index contributed by atoms with van der Waals surface area (Å²) in [6, 6.07) is 7.52. The van der Waals surface area contributed by atoms with Crippen LogP contribution in [0, 0.1) is 11.8 Å². The summed E-state index contributed by atoms with van der Waals surface area (Å²) in [5.74, 6) is 1.37. The van der Waals surface area contributed by atoms with Crippen molar-refractivity contribution < 1.29 is 9.53 Å². The zero-order chi connectivity index (χ0) is 13.7. The highest BCUT2D eigenvalue weighted by Gasteiger charge is 2.17. The largest absolute Gasteiger partial charge is 0.465 e. The zero-order valence-electron chi connectivity index (χ0n) is 11.8. The molecule has 0 radical (unpaired) electrons. The van der Waals surface area contributed by atoms with Gasteiger partial charge in [-0.2, -0.15) is 0 Å². The van der Waals surface area contributed by atoms with Crippen molar-refractivity contribution in [1.29, 1.82) is 0 Å². The van der Waals surface area contributed by atoms with Crippen molar-refractivity contribution in [3.8, 4) is 0 Å². The van der Waals surface area contributed by atoms with Crippen LogP contribution in [0.5, 0.6) is 0 Å². The van der Waals surface area contributed by atoms with E-state index in [9.17, 15) is 4.79 Å². The number of carbonyl (C=O) groups is 1. The average Bonchev–Trinajstić information content (AvgIpc) is 2.46. The van der Waals surface area contributed by atoms with E-state index in [0.29, 0.717) is 5.56 Å². The van der Waals surface area contributed by atoms with Gasteiger partial charge >= 0.3 is 5.97 Å². The smallest absolute Gasteiger partial charge is 0.337 e. The van der Waals surface area contributed by atoms with Crippen LogP contribution >= 0.6 is 0 Å². The summed E-state index contributed by atoms with van der Waals surface area (Å²) < 4.78 is 4.73. The van der Waals surface area contributed by atoms with Gasteiger partial charge in [0.2, 0.25) is 0 Å². The van der Waals surface area contributed by atoms with Crippen molar-refractivity contribution in [2.75, 3.05) is 19.0 Å². The molecule has 1 aliphatic carbocycles. The van der Waals surface area contributed by atoms with Crippen molar-refractivity contribution in [1.82, 2.24) is 0 Å². The molecule has 1 aromatic carbocycles. The molecule has 1 aliphatic rings. The summed E-state index contributed by atoms with van der Waals surface area (Å²) in [6.45, 7) is 3.33. The number of rotatable bonds is 4. The standard InChI is InChI=1S/C16H23NO2/c1-12-6-8-13(9-7-12)11-17-15-5-3-4-14(10-15)16(18)19-2/h3-5,10,12-13,17H,6-9,11H2,1-2H3. The summed E-state index contributed by atoms with van der Waals surface area (Å²) in [5.41, 5.74) is 1.60. The first-order chi connectivity index (χ1) is 9.19. The molecular weight excluding hydrogens is 238 g/mol. The Morgan fingerprint density at radius 3 is 2.74 bits per heavy atom. The van der Waals surface area contributed by atoms with Crippen LogP contribution in [-0.4, -0.2) is 19.6 Å². The molecule has 1 fully saturated rings. The molecule has 19 heavy (non-hydrogen) atoms. The quantitative estimate of drug-likeness (QED) is 0.840. The third-order valence-electron chi connectivity index (χ3n) is 4.01. The first kappa shape index (κ1) is 13.9.